The number of amides is 1. The molecule has 1 N–H and O–H groups in total. The number of ether oxygens (including phenoxy) is 2. The van der Waals surface area contributed by atoms with Crippen molar-refractivity contribution in [1.82, 2.24) is 5.32 Å². The van der Waals surface area contributed by atoms with Gasteiger partial charge < -0.3 is 14.8 Å². The number of methoxy groups -OCH3 is 1. The van der Waals surface area contributed by atoms with E-state index in [1.165, 1.54) is 19.2 Å². The second-order valence-electron chi connectivity index (χ2n) is 5.33. The number of hydrogen-bond donors (Lipinski definition) is 1. The van der Waals surface area contributed by atoms with Gasteiger partial charge in [0.2, 0.25) is 0 Å². The highest BCUT2D eigenvalue weighted by atomic mass is 19.1. The van der Waals surface area contributed by atoms with Crippen molar-refractivity contribution in [1.29, 1.82) is 0 Å². The number of halogens is 1. The Morgan fingerprint density at radius 2 is 2.10 bits per heavy atom. The standard InChI is InChI=1S/C16H20FNO3/c1-16(2,3)21-15(19)18-10-6-5-7-12-8-9-13(17)14(11-12)20-4/h8-9,11H,6,10H2,1-4H3,(H,18,19). The molecule has 0 atom stereocenters. The van der Waals surface area contributed by atoms with Crippen molar-refractivity contribution in [2.24, 2.45) is 0 Å². The average molecular weight is 293 g/mol. The molecule has 0 aromatic heterocycles. The summed E-state index contributed by atoms with van der Waals surface area (Å²) in [6.07, 6.45) is 0.00612. The summed E-state index contributed by atoms with van der Waals surface area (Å²) in [6, 6.07) is 4.41. The Bertz CT molecular complexity index is 553. The zero-order valence-electron chi connectivity index (χ0n) is 12.7. The fourth-order valence-electron chi connectivity index (χ4n) is 1.44. The van der Waals surface area contributed by atoms with E-state index >= 15 is 0 Å². The van der Waals surface area contributed by atoms with Crippen LogP contribution in [0.5, 0.6) is 5.75 Å². The molecule has 0 fully saturated rings. The molecule has 1 aromatic rings. The van der Waals surface area contributed by atoms with Gasteiger partial charge in [0, 0.05) is 18.5 Å². The quantitative estimate of drug-likeness (QED) is 0.688. The van der Waals surface area contributed by atoms with Gasteiger partial charge in [-0.15, -0.1) is 0 Å². The highest BCUT2D eigenvalue weighted by Crippen LogP contribution is 2.17. The van der Waals surface area contributed by atoms with Crippen molar-refractivity contribution in [3.63, 3.8) is 0 Å². The summed E-state index contributed by atoms with van der Waals surface area (Å²) < 4.78 is 23.2. The minimum absolute atomic E-state index is 0.161. The molecule has 0 aliphatic carbocycles. The van der Waals surface area contributed by atoms with Crippen LogP contribution in [0.3, 0.4) is 0 Å². The van der Waals surface area contributed by atoms with Crippen LogP contribution in [0.15, 0.2) is 18.2 Å². The topological polar surface area (TPSA) is 47.6 Å². The summed E-state index contributed by atoms with van der Waals surface area (Å²) in [5.74, 6) is 5.51. The molecule has 4 nitrogen and oxygen atoms in total. The van der Waals surface area contributed by atoms with E-state index in [2.05, 4.69) is 17.2 Å². The molecule has 0 unspecified atom stereocenters. The van der Waals surface area contributed by atoms with Crippen LogP contribution in [0.4, 0.5) is 9.18 Å². The monoisotopic (exact) mass is 293 g/mol. The van der Waals surface area contributed by atoms with E-state index in [-0.39, 0.29) is 5.75 Å². The predicted octanol–water partition coefficient (Wildman–Crippen LogP) is 3.10. The zero-order chi connectivity index (χ0) is 15.9. The number of nitrogens with one attached hydrogen (secondary N) is 1. The molecule has 0 radical (unpaired) electrons. The first-order valence-electron chi connectivity index (χ1n) is 6.61. The van der Waals surface area contributed by atoms with Gasteiger partial charge in [-0.25, -0.2) is 9.18 Å². The van der Waals surface area contributed by atoms with Gasteiger partial charge in [-0.3, -0.25) is 0 Å². The van der Waals surface area contributed by atoms with E-state index in [1.807, 2.05) is 0 Å². The fourth-order valence-corrected chi connectivity index (χ4v) is 1.44. The summed E-state index contributed by atoms with van der Waals surface area (Å²) in [5, 5.41) is 2.61. The van der Waals surface area contributed by atoms with Gasteiger partial charge in [-0.05, 0) is 39.0 Å². The first kappa shape index (κ1) is 16.8. The third kappa shape index (κ3) is 6.66. The minimum Gasteiger partial charge on any atom is -0.494 e. The van der Waals surface area contributed by atoms with Crippen LogP contribution in [0, 0.1) is 17.7 Å². The van der Waals surface area contributed by atoms with E-state index in [0.717, 1.165) is 0 Å². The molecule has 114 valence electrons. The van der Waals surface area contributed by atoms with Gasteiger partial charge in [0.1, 0.15) is 5.60 Å². The first-order chi connectivity index (χ1) is 9.81. The average Bonchev–Trinajstić information content (AvgIpc) is 2.38. The van der Waals surface area contributed by atoms with Gasteiger partial charge in [0.25, 0.3) is 0 Å². The molecular formula is C16H20FNO3. The highest BCUT2D eigenvalue weighted by Gasteiger charge is 2.15. The normalized spacial score (nSPS) is 10.3. The smallest absolute Gasteiger partial charge is 0.407 e. The van der Waals surface area contributed by atoms with Crippen LogP contribution < -0.4 is 10.1 Å². The van der Waals surface area contributed by atoms with Crippen molar-refractivity contribution >= 4 is 6.09 Å². The molecule has 0 bridgehead atoms. The van der Waals surface area contributed by atoms with Crippen LogP contribution >= 0.6 is 0 Å². The lowest BCUT2D eigenvalue weighted by Gasteiger charge is -2.19. The van der Waals surface area contributed by atoms with Gasteiger partial charge in [0.05, 0.1) is 7.11 Å². The van der Waals surface area contributed by atoms with E-state index in [0.29, 0.717) is 18.5 Å². The maximum absolute atomic E-state index is 13.2. The second-order valence-corrected chi connectivity index (χ2v) is 5.33. The fraction of sp³-hybridized carbons (Fsp3) is 0.438. The predicted molar refractivity (Wildman–Crippen MR) is 78.7 cm³/mol. The third-order valence-electron chi connectivity index (χ3n) is 2.30. The van der Waals surface area contributed by atoms with Crippen molar-refractivity contribution in [2.45, 2.75) is 32.8 Å². The van der Waals surface area contributed by atoms with Crippen molar-refractivity contribution in [2.75, 3.05) is 13.7 Å². The van der Waals surface area contributed by atoms with Gasteiger partial charge in [-0.1, -0.05) is 11.8 Å². The number of rotatable bonds is 3. The highest BCUT2D eigenvalue weighted by molar-refractivity contribution is 5.67. The van der Waals surface area contributed by atoms with Gasteiger partial charge >= 0.3 is 6.09 Å². The van der Waals surface area contributed by atoms with Gasteiger partial charge in [-0.2, -0.15) is 0 Å². The van der Waals surface area contributed by atoms with Crippen LogP contribution in [-0.2, 0) is 4.74 Å². The molecule has 0 spiro atoms. The molecule has 1 amide bonds. The number of carbonyl (C=O) groups is 1. The zero-order valence-corrected chi connectivity index (χ0v) is 12.7. The summed E-state index contributed by atoms with van der Waals surface area (Å²) in [4.78, 5) is 11.4. The van der Waals surface area contributed by atoms with E-state index in [9.17, 15) is 9.18 Å². The maximum atomic E-state index is 13.2. The summed E-state index contributed by atoms with van der Waals surface area (Å²) in [5.41, 5.74) is 0.144. The Morgan fingerprint density at radius 3 is 2.71 bits per heavy atom. The third-order valence-corrected chi connectivity index (χ3v) is 2.30. The molecule has 21 heavy (non-hydrogen) atoms. The molecule has 0 saturated carbocycles. The molecule has 0 aliphatic rings. The molecular weight excluding hydrogens is 273 g/mol. The first-order valence-corrected chi connectivity index (χ1v) is 6.61. The van der Waals surface area contributed by atoms with Crippen LogP contribution in [-0.4, -0.2) is 25.3 Å². The summed E-state index contributed by atoms with van der Waals surface area (Å²) in [7, 11) is 1.40. The Balaban J connectivity index is 2.42. The lowest BCUT2D eigenvalue weighted by atomic mass is 10.2. The van der Waals surface area contributed by atoms with E-state index in [4.69, 9.17) is 9.47 Å². The summed E-state index contributed by atoms with van der Waals surface area (Å²) in [6.45, 7) is 5.79. The maximum Gasteiger partial charge on any atom is 0.407 e. The van der Waals surface area contributed by atoms with Crippen molar-refractivity contribution < 1.29 is 18.7 Å². The van der Waals surface area contributed by atoms with Crippen molar-refractivity contribution in [3.05, 3.63) is 29.6 Å². The molecule has 1 rings (SSSR count). The Morgan fingerprint density at radius 1 is 1.38 bits per heavy atom. The number of alkyl carbamates (subject to hydrolysis) is 1. The Kier molecular flexibility index (Phi) is 6.04. The number of carbonyl (C=O) groups excluding carboxylic acids is 1. The molecule has 1 aromatic carbocycles. The van der Waals surface area contributed by atoms with Crippen LogP contribution in [0.2, 0.25) is 0 Å². The summed E-state index contributed by atoms with van der Waals surface area (Å²) >= 11 is 0. The lowest BCUT2D eigenvalue weighted by Crippen LogP contribution is -2.32. The van der Waals surface area contributed by atoms with Crippen LogP contribution in [0.25, 0.3) is 0 Å². The lowest BCUT2D eigenvalue weighted by molar-refractivity contribution is 0.0529. The molecule has 0 saturated heterocycles. The SMILES string of the molecule is COc1cc(C#CCCNC(=O)OC(C)(C)C)ccc1F. The van der Waals surface area contributed by atoms with Crippen LogP contribution in [0.1, 0.15) is 32.8 Å². The van der Waals surface area contributed by atoms with E-state index in [1.54, 1.807) is 26.8 Å². The molecule has 0 aliphatic heterocycles. The van der Waals surface area contributed by atoms with Crippen molar-refractivity contribution in [3.8, 4) is 17.6 Å². The molecule has 0 heterocycles. The molecule has 5 heteroatoms. The minimum atomic E-state index is -0.513. The van der Waals surface area contributed by atoms with Gasteiger partial charge in [0.15, 0.2) is 11.6 Å². The number of benzene rings is 1. The second kappa shape index (κ2) is 7.53. The van der Waals surface area contributed by atoms with E-state index < -0.39 is 17.5 Å². The Hall–Kier alpha value is -2.22. The largest absolute Gasteiger partial charge is 0.494 e. The Labute approximate surface area is 124 Å². The number of hydrogen-bond acceptors (Lipinski definition) is 3.